The molecule has 0 fully saturated rings. The molecule has 0 aliphatic heterocycles. The molecule has 2 aromatic carbocycles. The predicted octanol–water partition coefficient (Wildman–Crippen LogP) is 5.60. The number of rotatable bonds is 5. The molecule has 0 saturated heterocycles. The van der Waals surface area contributed by atoms with E-state index in [9.17, 15) is 0 Å². The van der Waals surface area contributed by atoms with Crippen LogP contribution < -0.4 is 5.43 Å². The third-order valence-electron chi connectivity index (χ3n) is 4.64. The summed E-state index contributed by atoms with van der Waals surface area (Å²) in [6.07, 6.45) is 5.39. The Hall–Kier alpha value is -3.77. The van der Waals surface area contributed by atoms with Gasteiger partial charge in [-0.15, -0.1) is 11.3 Å². The fourth-order valence-electron chi connectivity index (χ4n) is 3.27. The van der Waals surface area contributed by atoms with Gasteiger partial charge in [0.15, 0.2) is 5.82 Å². The van der Waals surface area contributed by atoms with Crippen LogP contribution in [0.4, 0.5) is 5.82 Å². The number of aromatic nitrogens is 3. The topological polar surface area (TPSA) is 55.1 Å². The van der Waals surface area contributed by atoms with Gasteiger partial charge in [-0.1, -0.05) is 48.5 Å². The highest BCUT2D eigenvalue weighted by molar-refractivity contribution is 7.17. The first-order valence-corrected chi connectivity index (χ1v) is 10.1. The highest BCUT2D eigenvalue weighted by Crippen LogP contribution is 2.36. The summed E-state index contributed by atoms with van der Waals surface area (Å²) >= 11 is 1.61. The molecule has 29 heavy (non-hydrogen) atoms. The zero-order valence-electron chi connectivity index (χ0n) is 15.4. The smallest absolute Gasteiger partial charge is 0.159 e. The molecule has 0 aliphatic rings. The molecule has 3 heterocycles. The molecule has 0 bridgehead atoms. The van der Waals surface area contributed by atoms with Crippen molar-refractivity contribution in [1.29, 1.82) is 0 Å². The Bertz CT molecular complexity index is 1270. The molecule has 0 amide bonds. The third kappa shape index (κ3) is 3.41. The minimum Gasteiger partial charge on any atom is -0.316 e. The van der Waals surface area contributed by atoms with Crippen LogP contribution in [0.25, 0.3) is 27.0 Å². The third-order valence-corrected chi connectivity index (χ3v) is 5.52. The van der Waals surface area contributed by atoms with Crippen molar-refractivity contribution in [3.63, 3.8) is 0 Å². The normalized spacial score (nSPS) is 11.3. The minimum absolute atomic E-state index is 0.698. The maximum absolute atomic E-state index is 4.45. The summed E-state index contributed by atoms with van der Waals surface area (Å²) in [7, 11) is 0. The summed E-state index contributed by atoms with van der Waals surface area (Å²) in [4.78, 5) is 9.77. The first-order valence-electron chi connectivity index (χ1n) is 9.19. The van der Waals surface area contributed by atoms with Gasteiger partial charge in [0, 0.05) is 22.8 Å². The molecule has 0 aliphatic carbocycles. The van der Waals surface area contributed by atoms with E-state index in [2.05, 4.69) is 54.7 Å². The molecule has 0 radical (unpaired) electrons. The fourth-order valence-corrected chi connectivity index (χ4v) is 4.19. The lowest BCUT2D eigenvalue weighted by Gasteiger charge is -2.06. The average molecular weight is 395 g/mol. The lowest BCUT2D eigenvalue weighted by Crippen LogP contribution is -2.00. The first kappa shape index (κ1) is 17.3. The van der Waals surface area contributed by atoms with E-state index in [1.807, 2.05) is 54.7 Å². The van der Waals surface area contributed by atoms with Gasteiger partial charge in [0.05, 0.1) is 17.3 Å². The van der Waals surface area contributed by atoms with Crippen LogP contribution >= 0.6 is 11.3 Å². The van der Waals surface area contributed by atoms with E-state index in [0.717, 1.165) is 32.7 Å². The number of nitrogens with zero attached hydrogens (tertiary/aromatic N) is 4. The van der Waals surface area contributed by atoms with Gasteiger partial charge < -0.3 is 4.57 Å². The summed E-state index contributed by atoms with van der Waals surface area (Å²) in [6, 6.07) is 24.5. The molecule has 3 aromatic heterocycles. The molecule has 5 aromatic rings. The number of fused-ring (bicyclic) bond motifs is 1. The van der Waals surface area contributed by atoms with Crippen molar-refractivity contribution in [2.45, 2.75) is 0 Å². The standard InChI is InChI=1S/C23H17N5S/c1-3-8-17(9-4-1)20-15-29-23-21(20)22(24-16-25-23)27-26-14-19-12-7-13-28(19)18-10-5-2-6-11-18/h1-16H,(H,24,25,27). The Morgan fingerprint density at radius 3 is 2.52 bits per heavy atom. The molecule has 0 spiro atoms. The molecule has 5 rings (SSSR count). The van der Waals surface area contributed by atoms with Crippen LogP contribution in [-0.2, 0) is 0 Å². The van der Waals surface area contributed by atoms with Crippen LogP contribution in [0.3, 0.4) is 0 Å². The van der Waals surface area contributed by atoms with E-state index >= 15 is 0 Å². The van der Waals surface area contributed by atoms with Crippen molar-refractivity contribution in [1.82, 2.24) is 14.5 Å². The van der Waals surface area contributed by atoms with Crippen molar-refractivity contribution >= 4 is 33.6 Å². The van der Waals surface area contributed by atoms with Crippen LogP contribution in [-0.4, -0.2) is 20.7 Å². The number of hydrogen-bond acceptors (Lipinski definition) is 5. The fraction of sp³-hybridized carbons (Fsp3) is 0. The number of hydrazone groups is 1. The molecule has 0 saturated carbocycles. The zero-order chi connectivity index (χ0) is 19.5. The molecule has 1 N–H and O–H groups in total. The van der Waals surface area contributed by atoms with E-state index in [1.165, 1.54) is 0 Å². The number of thiophene rings is 1. The second kappa shape index (κ2) is 7.69. The molecule has 0 unspecified atom stereocenters. The van der Waals surface area contributed by atoms with Crippen LogP contribution in [0.15, 0.2) is 95.8 Å². The Balaban J connectivity index is 1.47. The highest BCUT2D eigenvalue weighted by atomic mass is 32.1. The quantitative estimate of drug-likeness (QED) is 0.311. The molecular formula is C23H17N5S. The van der Waals surface area contributed by atoms with Crippen molar-refractivity contribution in [2.75, 3.05) is 5.43 Å². The van der Waals surface area contributed by atoms with E-state index in [0.29, 0.717) is 5.82 Å². The summed E-state index contributed by atoms with van der Waals surface area (Å²) in [6.45, 7) is 0. The number of anilines is 1. The van der Waals surface area contributed by atoms with E-state index in [-0.39, 0.29) is 0 Å². The molecule has 140 valence electrons. The lowest BCUT2D eigenvalue weighted by atomic mass is 10.1. The van der Waals surface area contributed by atoms with Crippen LogP contribution in [0, 0.1) is 0 Å². The van der Waals surface area contributed by atoms with Gasteiger partial charge in [0.25, 0.3) is 0 Å². The van der Waals surface area contributed by atoms with Crippen molar-refractivity contribution in [3.05, 3.63) is 96.4 Å². The van der Waals surface area contributed by atoms with E-state index < -0.39 is 0 Å². The summed E-state index contributed by atoms with van der Waals surface area (Å²) < 4.78 is 2.08. The Labute approximate surface area is 172 Å². The SMILES string of the molecule is C(=NNc1ncnc2scc(-c3ccccc3)c12)c1cccn1-c1ccccc1. The Kier molecular flexibility index (Phi) is 4.60. The molecule has 0 atom stereocenters. The number of para-hydroxylation sites is 1. The summed E-state index contributed by atoms with van der Waals surface area (Å²) in [5.41, 5.74) is 7.42. The maximum atomic E-state index is 4.45. The van der Waals surface area contributed by atoms with E-state index in [4.69, 9.17) is 0 Å². The second-order valence-corrected chi connectivity index (χ2v) is 7.28. The molecule has 5 nitrogen and oxygen atoms in total. The van der Waals surface area contributed by atoms with Crippen LogP contribution in [0.1, 0.15) is 5.69 Å². The molecule has 6 heteroatoms. The average Bonchev–Trinajstić information content (AvgIpc) is 3.43. The number of benzene rings is 2. The lowest BCUT2D eigenvalue weighted by molar-refractivity contribution is 1.06. The number of nitrogens with one attached hydrogen (secondary N) is 1. The maximum Gasteiger partial charge on any atom is 0.159 e. The van der Waals surface area contributed by atoms with Gasteiger partial charge in [-0.2, -0.15) is 5.10 Å². The molecular weight excluding hydrogens is 378 g/mol. The summed E-state index contributed by atoms with van der Waals surface area (Å²) in [5, 5.41) is 7.55. The van der Waals surface area contributed by atoms with Crippen LogP contribution in [0.5, 0.6) is 0 Å². The van der Waals surface area contributed by atoms with Gasteiger partial charge in [0.2, 0.25) is 0 Å². The highest BCUT2D eigenvalue weighted by Gasteiger charge is 2.12. The minimum atomic E-state index is 0.698. The largest absolute Gasteiger partial charge is 0.316 e. The number of hydrogen-bond donors (Lipinski definition) is 1. The Morgan fingerprint density at radius 2 is 1.69 bits per heavy atom. The van der Waals surface area contributed by atoms with Crippen molar-refractivity contribution < 1.29 is 0 Å². The first-order chi connectivity index (χ1) is 14.4. The zero-order valence-corrected chi connectivity index (χ0v) is 16.3. The van der Waals surface area contributed by atoms with Gasteiger partial charge in [-0.3, -0.25) is 5.43 Å². The van der Waals surface area contributed by atoms with Gasteiger partial charge in [-0.25, -0.2) is 9.97 Å². The van der Waals surface area contributed by atoms with Gasteiger partial charge >= 0.3 is 0 Å². The monoisotopic (exact) mass is 395 g/mol. The summed E-state index contributed by atoms with van der Waals surface area (Å²) in [5.74, 6) is 0.698. The van der Waals surface area contributed by atoms with Crippen molar-refractivity contribution in [2.24, 2.45) is 5.10 Å². The predicted molar refractivity (Wildman–Crippen MR) is 120 cm³/mol. The van der Waals surface area contributed by atoms with Crippen molar-refractivity contribution in [3.8, 4) is 16.8 Å². The van der Waals surface area contributed by atoms with Gasteiger partial charge in [-0.05, 0) is 29.8 Å². The van der Waals surface area contributed by atoms with Crippen LogP contribution in [0.2, 0.25) is 0 Å². The van der Waals surface area contributed by atoms with E-state index in [1.54, 1.807) is 23.9 Å². The van der Waals surface area contributed by atoms with Gasteiger partial charge in [0.1, 0.15) is 11.2 Å². The second-order valence-electron chi connectivity index (χ2n) is 6.43. The Morgan fingerprint density at radius 1 is 0.897 bits per heavy atom.